The van der Waals surface area contributed by atoms with Crippen LogP contribution in [-0.2, 0) is 27.1 Å². The third-order valence-corrected chi connectivity index (χ3v) is 5.15. The van der Waals surface area contributed by atoms with Crippen LogP contribution in [0, 0.1) is 5.82 Å². The van der Waals surface area contributed by atoms with Crippen molar-refractivity contribution in [2.45, 2.75) is 32.1 Å². The summed E-state index contributed by atoms with van der Waals surface area (Å²) in [5.41, 5.74) is -0.323. The van der Waals surface area contributed by atoms with Crippen molar-refractivity contribution in [2.75, 3.05) is 18.4 Å². The second kappa shape index (κ2) is 9.37. The lowest BCUT2D eigenvalue weighted by molar-refractivity contribution is -0.159. The Morgan fingerprint density at radius 2 is 1.75 bits per heavy atom. The number of carbonyl (C=O) groups is 3. The van der Waals surface area contributed by atoms with Crippen LogP contribution in [0.1, 0.15) is 24.5 Å². The summed E-state index contributed by atoms with van der Waals surface area (Å²) in [6.45, 7) is 2.00. The lowest BCUT2D eigenvalue weighted by atomic mass is 10.1. The molecule has 0 spiro atoms. The molecule has 0 bridgehead atoms. The zero-order valence-electron chi connectivity index (χ0n) is 17.2. The van der Waals surface area contributed by atoms with Crippen molar-refractivity contribution in [3.8, 4) is 0 Å². The Bertz CT molecular complexity index is 1010. The van der Waals surface area contributed by atoms with E-state index in [1.165, 1.54) is 41.3 Å². The Hall–Kier alpha value is -3.43. The molecule has 1 fully saturated rings. The molecular formula is C22H21F4N3O3. The molecule has 2 aromatic rings. The summed E-state index contributed by atoms with van der Waals surface area (Å²) in [6.07, 6.45) is -4.39. The highest BCUT2D eigenvalue weighted by Gasteiger charge is 2.38. The van der Waals surface area contributed by atoms with Crippen molar-refractivity contribution in [2.24, 2.45) is 0 Å². The van der Waals surface area contributed by atoms with Gasteiger partial charge in [-0.05, 0) is 42.3 Å². The average Bonchev–Trinajstić information content (AvgIpc) is 2.74. The Morgan fingerprint density at radius 3 is 2.38 bits per heavy atom. The SMILES string of the molecule is CC[C@@H](C(=O)Nc1cccc(C(F)(F)F)c1)N1CCN(Cc2ccc(F)cc2)C(=O)C1=O. The largest absolute Gasteiger partial charge is 0.416 e. The van der Waals surface area contributed by atoms with Gasteiger partial charge < -0.3 is 15.1 Å². The topological polar surface area (TPSA) is 69.7 Å². The summed E-state index contributed by atoms with van der Waals surface area (Å²) < 4.78 is 51.8. The molecule has 1 aliphatic heterocycles. The minimum Gasteiger partial charge on any atom is -0.328 e. The molecule has 3 rings (SSSR count). The molecule has 1 aliphatic rings. The van der Waals surface area contributed by atoms with Crippen molar-refractivity contribution in [3.05, 3.63) is 65.5 Å². The van der Waals surface area contributed by atoms with E-state index in [4.69, 9.17) is 0 Å². The van der Waals surface area contributed by atoms with E-state index in [1.54, 1.807) is 6.92 Å². The Labute approximate surface area is 181 Å². The molecule has 0 radical (unpaired) electrons. The number of hydrogen-bond donors (Lipinski definition) is 1. The molecule has 0 saturated carbocycles. The molecule has 10 heteroatoms. The number of piperazine rings is 1. The zero-order chi connectivity index (χ0) is 23.5. The summed E-state index contributed by atoms with van der Waals surface area (Å²) in [7, 11) is 0. The molecule has 0 aromatic heterocycles. The van der Waals surface area contributed by atoms with Crippen molar-refractivity contribution in [1.29, 1.82) is 0 Å². The van der Waals surface area contributed by atoms with Crippen LogP contribution in [-0.4, -0.2) is 46.7 Å². The molecule has 2 aromatic carbocycles. The zero-order valence-corrected chi connectivity index (χ0v) is 17.2. The number of nitrogens with zero attached hydrogens (tertiary/aromatic N) is 2. The fourth-order valence-electron chi connectivity index (χ4n) is 3.49. The predicted molar refractivity (Wildman–Crippen MR) is 108 cm³/mol. The van der Waals surface area contributed by atoms with Gasteiger partial charge in [0, 0.05) is 25.3 Å². The van der Waals surface area contributed by atoms with E-state index in [0.717, 1.165) is 17.0 Å². The van der Waals surface area contributed by atoms with Gasteiger partial charge in [0.25, 0.3) is 0 Å². The second-order valence-corrected chi connectivity index (χ2v) is 7.34. The van der Waals surface area contributed by atoms with Crippen LogP contribution >= 0.6 is 0 Å². The molecule has 1 saturated heterocycles. The standard InChI is InChI=1S/C22H21F4N3O3/c1-2-18(19(30)27-17-5-3-4-15(12-17)22(24,25)26)29-11-10-28(20(31)21(29)32)13-14-6-8-16(23)9-7-14/h3-9,12,18H,2,10-11,13H2,1H3,(H,27,30)/t18-/m0/s1. The molecule has 6 nitrogen and oxygen atoms in total. The van der Waals surface area contributed by atoms with E-state index < -0.39 is 41.3 Å². The van der Waals surface area contributed by atoms with Gasteiger partial charge in [0.15, 0.2) is 0 Å². The van der Waals surface area contributed by atoms with E-state index in [2.05, 4.69) is 5.32 Å². The predicted octanol–water partition coefficient (Wildman–Crippen LogP) is 3.43. The van der Waals surface area contributed by atoms with E-state index >= 15 is 0 Å². The Morgan fingerprint density at radius 1 is 1.06 bits per heavy atom. The van der Waals surface area contributed by atoms with Crippen LogP contribution in [0.25, 0.3) is 0 Å². The third-order valence-electron chi connectivity index (χ3n) is 5.15. The molecule has 0 aliphatic carbocycles. The number of carbonyl (C=O) groups excluding carboxylic acids is 3. The quantitative estimate of drug-likeness (QED) is 0.541. The average molecular weight is 451 g/mol. The first kappa shape index (κ1) is 23.2. The second-order valence-electron chi connectivity index (χ2n) is 7.34. The minimum absolute atomic E-state index is 0.0583. The van der Waals surface area contributed by atoms with Crippen molar-refractivity contribution < 1.29 is 31.9 Å². The lowest BCUT2D eigenvalue weighted by Crippen LogP contribution is -2.59. The maximum absolute atomic E-state index is 13.1. The highest BCUT2D eigenvalue weighted by molar-refractivity contribution is 6.35. The summed E-state index contributed by atoms with van der Waals surface area (Å²) in [5, 5.41) is 2.40. The van der Waals surface area contributed by atoms with Crippen molar-refractivity contribution in [1.82, 2.24) is 9.80 Å². The number of halogens is 4. The highest BCUT2D eigenvalue weighted by atomic mass is 19.4. The molecular weight excluding hydrogens is 430 g/mol. The van der Waals surface area contributed by atoms with Crippen molar-refractivity contribution in [3.63, 3.8) is 0 Å². The number of anilines is 1. The van der Waals surface area contributed by atoms with Gasteiger partial charge in [0.05, 0.1) is 5.56 Å². The number of alkyl halides is 3. The number of nitrogens with one attached hydrogen (secondary N) is 1. The summed E-state index contributed by atoms with van der Waals surface area (Å²) in [5.74, 6) is -2.77. The Balaban J connectivity index is 1.68. The first-order valence-electron chi connectivity index (χ1n) is 9.92. The van der Waals surface area contributed by atoms with Gasteiger partial charge in [-0.15, -0.1) is 0 Å². The maximum Gasteiger partial charge on any atom is 0.416 e. The normalized spacial score (nSPS) is 15.7. The first-order valence-corrected chi connectivity index (χ1v) is 9.92. The van der Waals surface area contributed by atoms with Gasteiger partial charge in [-0.3, -0.25) is 14.4 Å². The fourth-order valence-corrected chi connectivity index (χ4v) is 3.49. The molecule has 1 N–H and O–H groups in total. The van der Waals surface area contributed by atoms with Gasteiger partial charge >= 0.3 is 18.0 Å². The van der Waals surface area contributed by atoms with Crippen molar-refractivity contribution >= 4 is 23.4 Å². The molecule has 170 valence electrons. The monoisotopic (exact) mass is 451 g/mol. The van der Waals surface area contributed by atoms with Crippen LogP contribution in [0.5, 0.6) is 0 Å². The van der Waals surface area contributed by atoms with Gasteiger partial charge in [0.2, 0.25) is 5.91 Å². The van der Waals surface area contributed by atoms with Crippen LogP contribution < -0.4 is 5.32 Å². The smallest absolute Gasteiger partial charge is 0.328 e. The first-order chi connectivity index (χ1) is 15.1. The number of rotatable bonds is 6. The van der Waals surface area contributed by atoms with E-state index in [9.17, 15) is 31.9 Å². The number of amides is 3. The van der Waals surface area contributed by atoms with Crippen LogP contribution in [0.4, 0.5) is 23.2 Å². The molecule has 1 heterocycles. The minimum atomic E-state index is -4.56. The number of benzene rings is 2. The molecule has 32 heavy (non-hydrogen) atoms. The molecule has 0 unspecified atom stereocenters. The van der Waals surface area contributed by atoms with Gasteiger partial charge in [-0.25, -0.2) is 4.39 Å². The van der Waals surface area contributed by atoms with Crippen LogP contribution in [0.15, 0.2) is 48.5 Å². The van der Waals surface area contributed by atoms with Gasteiger partial charge in [0.1, 0.15) is 11.9 Å². The van der Waals surface area contributed by atoms with Crippen LogP contribution in [0.2, 0.25) is 0 Å². The van der Waals surface area contributed by atoms with Gasteiger partial charge in [-0.1, -0.05) is 25.1 Å². The van der Waals surface area contributed by atoms with E-state index in [0.29, 0.717) is 5.56 Å². The summed E-state index contributed by atoms with van der Waals surface area (Å²) in [4.78, 5) is 40.4. The highest BCUT2D eigenvalue weighted by Crippen LogP contribution is 2.30. The van der Waals surface area contributed by atoms with Gasteiger partial charge in [-0.2, -0.15) is 13.2 Å². The summed E-state index contributed by atoms with van der Waals surface area (Å²) >= 11 is 0. The number of hydrogen-bond acceptors (Lipinski definition) is 3. The van der Waals surface area contributed by atoms with E-state index in [1.807, 2.05) is 0 Å². The van der Waals surface area contributed by atoms with E-state index in [-0.39, 0.29) is 31.7 Å². The van der Waals surface area contributed by atoms with Crippen LogP contribution in [0.3, 0.4) is 0 Å². The third kappa shape index (κ3) is 5.24. The Kier molecular flexibility index (Phi) is 6.81. The lowest BCUT2D eigenvalue weighted by Gasteiger charge is -2.37. The molecule has 1 atom stereocenters. The summed E-state index contributed by atoms with van der Waals surface area (Å²) in [6, 6.07) is 8.68. The maximum atomic E-state index is 13.1. The fraction of sp³-hybridized carbons (Fsp3) is 0.318. The molecule has 3 amide bonds.